The van der Waals surface area contributed by atoms with Crippen molar-refractivity contribution in [3.8, 4) is 0 Å². The van der Waals surface area contributed by atoms with E-state index in [0.717, 1.165) is 48.8 Å². The Bertz CT molecular complexity index is 1200. The van der Waals surface area contributed by atoms with Gasteiger partial charge in [-0.15, -0.1) is 0 Å². The van der Waals surface area contributed by atoms with Crippen molar-refractivity contribution in [2.75, 3.05) is 21.7 Å². The molecule has 2 aromatic carbocycles. The van der Waals surface area contributed by atoms with Gasteiger partial charge in [-0.05, 0) is 62.2 Å². The van der Waals surface area contributed by atoms with Crippen molar-refractivity contribution >= 4 is 51.5 Å². The Balaban J connectivity index is 1.79. The van der Waals surface area contributed by atoms with E-state index in [0.29, 0.717) is 6.07 Å². The summed E-state index contributed by atoms with van der Waals surface area (Å²) in [4.78, 5) is 39.2. The third-order valence-electron chi connectivity index (χ3n) is 5.98. The van der Waals surface area contributed by atoms with Gasteiger partial charge in [0.1, 0.15) is 23.4 Å². The standard InChI is InChI=1S/C25H26ClF4N3O4S/c1-15(24(36)32-17-4-2-3-5-17)33(19-10-11-21(26)20(12-19)25(28,29)30)23(35)14-38(37)13-22(34)31-18-8-6-16(27)7-9-18/h6-12,15,17H,2-5,13-14H2,1H3,(H,31,34)(H,32,36)/t15-,38-/m0/s1. The van der Waals surface area contributed by atoms with E-state index in [1.807, 2.05) is 0 Å². The summed E-state index contributed by atoms with van der Waals surface area (Å²) in [5.74, 6) is -4.06. The van der Waals surface area contributed by atoms with E-state index in [4.69, 9.17) is 11.6 Å². The van der Waals surface area contributed by atoms with Crippen LogP contribution in [0.5, 0.6) is 0 Å². The van der Waals surface area contributed by atoms with Crippen molar-refractivity contribution in [3.63, 3.8) is 0 Å². The molecule has 1 fully saturated rings. The number of rotatable bonds is 9. The molecule has 3 rings (SSSR count). The second-order valence-electron chi connectivity index (χ2n) is 8.88. The number of nitrogens with one attached hydrogen (secondary N) is 2. The van der Waals surface area contributed by atoms with Crippen LogP contribution < -0.4 is 15.5 Å². The number of anilines is 2. The second kappa shape index (κ2) is 12.7. The summed E-state index contributed by atoms with van der Waals surface area (Å²) in [5.41, 5.74) is -1.20. The molecule has 0 aliphatic heterocycles. The van der Waals surface area contributed by atoms with Crippen LogP contribution in [0.15, 0.2) is 42.5 Å². The first kappa shape index (κ1) is 29.6. The van der Waals surface area contributed by atoms with E-state index < -0.39 is 68.6 Å². The highest BCUT2D eigenvalue weighted by atomic mass is 35.5. The number of carbonyl (C=O) groups excluding carboxylic acids is 3. The van der Waals surface area contributed by atoms with Gasteiger partial charge in [0, 0.05) is 28.2 Å². The number of carbonyl (C=O) groups is 3. The topological polar surface area (TPSA) is 95.6 Å². The zero-order valence-corrected chi connectivity index (χ0v) is 21.9. The van der Waals surface area contributed by atoms with Crippen LogP contribution in [-0.2, 0) is 31.4 Å². The Morgan fingerprint density at radius 2 is 1.71 bits per heavy atom. The van der Waals surface area contributed by atoms with Crippen LogP contribution in [-0.4, -0.2) is 45.5 Å². The Kier molecular flexibility index (Phi) is 9.88. The highest BCUT2D eigenvalue weighted by molar-refractivity contribution is 7.86. The molecule has 1 aliphatic rings. The largest absolute Gasteiger partial charge is 0.417 e. The van der Waals surface area contributed by atoms with Gasteiger partial charge in [0.15, 0.2) is 0 Å². The number of halogens is 5. The maximum absolute atomic E-state index is 13.5. The number of nitrogens with zero attached hydrogens (tertiary/aromatic N) is 1. The Labute approximate surface area is 224 Å². The predicted octanol–water partition coefficient (Wildman–Crippen LogP) is 4.67. The second-order valence-corrected chi connectivity index (χ2v) is 10.7. The Hall–Kier alpha value is -2.99. The predicted molar refractivity (Wildman–Crippen MR) is 137 cm³/mol. The third-order valence-corrected chi connectivity index (χ3v) is 7.46. The van der Waals surface area contributed by atoms with E-state index in [9.17, 15) is 36.2 Å². The maximum Gasteiger partial charge on any atom is 0.417 e. The summed E-state index contributed by atoms with van der Waals surface area (Å²) < 4.78 is 66.2. The molecule has 0 aromatic heterocycles. The minimum Gasteiger partial charge on any atom is -0.352 e. The molecule has 3 amide bonds. The average Bonchev–Trinajstić information content (AvgIpc) is 3.33. The Morgan fingerprint density at radius 1 is 1.08 bits per heavy atom. The molecule has 2 aromatic rings. The molecule has 0 saturated heterocycles. The van der Waals surface area contributed by atoms with Gasteiger partial charge in [0.25, 0.3) is 0 Å². The fourth-order valence-electron chi connectivity index (χ4n) is 4.11. The molecule has 2 atom stereocenters. The average molecular weight is 576 g/mol. The summed E-state index contributed by atoms with van der Waals surface area (Å²) in [6.07, 6.45) is -1.48. The summed E-state index contributed by atoms with van der Waals surface area (Å²) >= 11 is 5.72. The quantitative estimate of drug-likeness (QED) is 0.425. The first-order chi connectivity index (χ1) is 17.8. The lowest BCUT2D eigenvalue weighted by Gasteiger charge is -2.30. The number of hydrogen-bond acceptors (Lipinski definition) is 4. The van der Waals surface area contributed by atoms with Gasteiger partial charge >= 0.3 is 6.18 Å². The number of benzene rings is 2. The van der Waals surface area contributed by atoms with Gasteiger partial charge in [0.05, 0.1) is 10.6 Å². The minimum absolute atomic E-state index is 0.109. The lowest BCUT2D eigenvalue weighted by molar-refractivity contribution is -0.137. The van der Waals surface area contributed by atoms with Crippen LogP contribution in [0.2, 0.25) is 5.02 Å². The third kappa shape index (κ3) is 8.00. The molecule has 0 spiro atoms. The molecule has 1 aliphatic carbocycles. The summed E-state index contributed by atoms with van der Waals surface area (Å²) in [5, 5.41) is 4.64. The van der Waals surface area contributed by atoms with Gasteiger partial charge in [-0.2, -0.15) is 13.2 Å². The zero-order valence-electron chi connectivity index (χ0n) is 20.3. The smallest absolute Gasteiger partial charge is 0.352 e. The summed E-state index contributed by atoms with van der Waals surface area (Å²) in [6.45, 7) is 1.36. The minimum atomic E-state index is -4.82. The van der Waals surface area contributed by atoms with Crippen molar-refractivity contribution < 1.29 is 36.2 Å². The molecular formula is C25H26ClF4N3O4S. The van der Waals surface area contributed by atoms with Gasteiger partial charge in [-0.3, -0.25) is 23.5 Å². The van der Waals surface area contributed by atoms with Crippen LogP contribution in [0, 0.1) is 5.82 Å². The van der Waals surface area contributed by atoms with Gasteiger partial charge in [0.2, 0.25) is 17.7 Å². The molecule has 0 unspecified atom stereocenters. The first-order valence-corrected chi connectivity index (χ1v) is 13.6. The number of hydrogen-bond donors (Lipinski definition) is 2. The van der Waals surface area contributed by atoms with Crippen molar-refractivity contribution in [3.05, 3.63) is 58.9 Å². The molecule has 0 heterocycles. The van der Waals surface area contributed by atoms with Crippen molar-refractivity contribution in [1.82, 2.24) is 5.32 Å². The number of amides is 3. The van der Waals surface area contributed by atoms with E-state index >= 15 is 0 Å². The van der Waals surface area contributed by atoms with Gasteiger partial charge in [-0.25, -0.2) is 4.39 Å². The van der Waals surface area contributed by atoms with E-state index in [1.165, 1.54) is 25.1 Å². The van der Waals surface area contributed by atoms with Gasteiger partial charge in [-0.1, -0.05) is 24.4 Å². The summed E-state index contributed by atoms with van der Waals surface area (Å²) in [6, 6.07) is 6.27. The first-order valence-electron chi connectivity index (χ1n) is 11.7. The molecule has 0 radical (unpaired) electrons. The van der Waals surface area contributed by atoms with E-state index in [1.54, 1.807) is 0 Å². The van der Waals surface area contributed by atoms with Crippen LogP contribution in [0.25, 0.3) is 0 Å². The molecule has 206 valence electrons. The molecule has 38 heavy (non-hydrogen) atoms. The van der Waals surface area contributed by atoms with Crippen LogP contribution in [0.1, 0.15) is 38.2 Å². The Morgan fingerprint density at radius 3 is 2.32 bits per heavy atom. The summed E-state index contributed by atoms with van der Waals surface area (Å²) in [7, 11) is -2.07. The zero-order chi connectivity index (χ0) is 28.0. The maximum atomic E-state index is 13.5. The SMILES string of the molecule is C[C@@H](C(=O)NC1CCCC1)N(C(=O)C[S@@](=O)CC(=O)Nc1ccc(F)cc1)c1ccc(Cl)c(C(F)(F)F)c1. The molecule has 7 nitrogen and oxygen atoms in total. The van der Waals surface area contributed by atoms with Gasteiger partial charge < -0.3 is 10.6 Å². The fraction of sp³-hybridized carbons (Fsp3) is 0.400. The highest BCUT2D eigenvalue weighted by Gasteiger charge is 2.36. The molecule has 1 saturated carbocycles. The lowest BCUT2D eigenvalue weighted by Crippen LogP contribution is -2.51. The lowest BCUT2D eigenvalue weighted by atomic mass is 10.1. The molecule has 13 heteroatoms. The monoisotopic (exact) mass is 575 g/mol. The molecular weight excluding hydrogens is 550 g/mol. The van der Waals surface area contributed by atoms with Crippen molar-refractivity contribution in [2.45, 2.75) is 50.9 Å². The fourth-order valence-corrected chi connectivity index (χ4v) is 5.21. The van der Waals surface area contributed by atoms with Crippen LogP contribution >= 0.6 is 11.6 Å². The van der Waals surface area contributed by atoms with Crippen LogP contribution in [0.4, 0.5) is 28.9 Å². The van der Waals surface area contributed by atoms with Crippen molar-refractivity contribution in [2.24, 2.45) is 0 Å². The van der Waals surface area contributed by atoms with Crippen LogP contribution in [0.3, 0.4) is 0 Å². The molecule has 0 bridgehead atoms. The molecule has 2 N–H and O–H groups in total. The normalized spacial score (nSPS) is 15.5. The van der Waals surface area contributed by atoms with E-state index in [2.05, 4.69) is 10.6 Å². The van der Waals surface area contributed by atoms with E-state index in [-0.39, 0.29) is 17.4 Å². The number of alkyl halides is 3. The van der Waals surface area contributed by atoms with Crippen molar-refractivity contribution in [1.29, 1.82) is 0 Å². The highest BCUT2D eigenvalue weighted by Crippen LogP contribution is 2.37.